The zero-order valence-corrected chi connectivity index (χ0v) is 20.2. The van der Waals surface area contributed by atoms with Gasteiger partial charge in [0.25, 0.3) is 5.91 Å². The molecule has 2 heterocycles. The molecule has 0 N–H and O–H groups in total. The number of sulfonamides is 1. The summed E-state index contributed by atoms with van der Waals surface area (Å²) in [7, 11) is -3.53. The maximum absolute atomic E-state index is 13.0. The fraction of sp³-hybridized carbons (Fsp3) is 0.417. The van der Waals surface area contributed by atoms with Crippen molar-refractivity contribution in [1.82, 2.24) is 8.87 Å². The molecule has 0 unspecified atom stereocenters. The van der Waals surface area contributed by atoms with Crippen molar-refractivity contribution in [2.45, 2.75) is 57.4 Å². The van der Waals surface area contributed by atoms with E-state index in [9.17, 15) is 13.2 Å². The third-order valence-electron chi connectivity index (χ3n) is 5.79. The molecule has 1 aliphatic heterocycles. The zero-order valence-electron chi connectivity index (χ0n) is 18.6. The highest BCUT2D eigenvalue weighted by atomic mass is 32.2. The molecule has 1 amide bonds. The van der Waals surface area contributed by atoms with E-state index in [4.69, 9.17) is 0 Å². The number of benzene rings is 2. The average molecular weight is 472 g/mol. The molecule has 8 heteroatoms. The van der Waals surface area contributed by atoms with Crippen LogP contribution in [0.2, 0.25) is 0 Å². The normalized spacial score (nSPS) is 16.4. The number of aromatic nitrogens is 1. The number of carbonyl (C=O) groups excluding carboxylic acids is 1. The summed E-state index contributed by atoms with van der Waals surface area (Å²) in [4.78, 5) is 18.2. The number of fused-ring (bicyclic) bond motifs is 1. The highest BCUT2D eigenvalue weighted by Gasteiger charge is 2.25. The fourth-order valence-corrected chi connectivity index (χ4v) is 6.73. The van der Waals surface area contributed by atoms with Crippen LogP contribution < -0.4 is 4.80 Å². The van der Waals surface area contributed by atoms with Gasteiger partial charge in [0.15, 0.2) is 4.80 Å². The van der Waals surface area contributed by atoms with Crippen LogP contribution in [0.3, 0.4) is 0 Å². The van der Waals surface area contributed by atoms with Crippen LogP contribution in [0.25, 0.3) is 10.2 Å². The van der Waals surface area contributed by atoms with Crippen molar-refractivity contribution in [2.75, 3.05) is 13.1 Å². The summed E-state index contributed by atoms with van der Waals surface area (Å²) in [5.74, 6) is -0.364. The summed E-state index contributed by atoms with van der Waals surface area (Å²) in [6, 6.07) is 12.4. The van der Waals surface area contributed by atoms with E-state index in [0.717, 1.165) is 48.9 Å². The van der Waals surface area contributed by atoms with Gasteiger partial charge in [0.05, 0.1) is 15.1 Å². The summed E-state index contributed by atoms with van der Waals surface area (Å²) in [6.07, 6.45) is 4.85. The van der Waals surface area contributed by atoms with E-state index in [2.05, 4.69) is 34.7 Å². The molecule has 0 bridgehead atoms. The van der Waals surface area contributed by atoms with Gasteiger partial charge in [0.2, 0.25) is 10.0 Å². The van der Waals surface area contributed by atoms with Crippen LogP contribution in [0.4, 0.5) is 0 Å². The lowest BCUT2D eigenvalue weighted by Gasteiger charge is -2.19. The monoisotopic (exact) mass is 471 g/mol. The number of aryl methyl sites for hydroxylation is 2. The topological polar surface area (TPSA) is 71.7 Å². The van der Waals surface area contributed by atoms with Gasteiger partial charge in [-0.1, -0.05) is 37.2 Å². The van der Waals surface area contributed by atoms with Crippen molar-refractivity contribution in [3.8, 4) is 0 Å². The van der Waals surface area contributed by atoms with Crippen LogP contribution in [-0.2, 0) is 16.6 Å². The Balaban J connectivity index is 1.63. The van der Waals surface area contributed by atoms with Crippen molar-refractivity contribution >= 4 is 37.5 Å². The maximum atomic E-state index is 13.0. The van der Waals surface area contributed by atoms with Crippen LogP contribution in [0.1, 0.15) is 54.9 Å². The Morgan fingerprint density at radius 1 is 1.03 bits per heavy atom. The minimum absolute atomic E-state index is 0.231. The number of carbonyl (C=O) groups is 1. The smallest absolute Gasteiger partial charge is 0.279 e. The van der Waals surface area contributed by atoms with Gasteiger partial charge < -0.3 is 4.57 Å². The van der Waals surface area contributed by atoms with Crippen molar-refractivity contribution < 1.29 is 13.2 Å². The molecule has 1 fully saturated rings. The first-order chi connectivity index (χ1) is 15.4. The molecule has 0 radical (unpaired) electrons. The quantitative estimate of drug-likeness (QED) is 0.540. The number of rotatable bonds is 5. The largest absolute Gasteiger partial charge is 0.316 e. The predicted octanol–water partition coefficient (Wildman–Crippen LogP) is 4.73. The van der Waals surface area contributed by atoms with Crippen molar-refractivity contribution in [1.29, 1.82) is 0 Å². The molecule has 1 aromatic heterocycles. The number of thiazole rings is 1. The molecule has 0 aliphatic carbocycles. The third kappa shape index (κ3) is 4.72. The van der Waals surface area contributed by atoms with Gasteiger partial charge in [-0.2, -0.15) is 9.30 Å². The average Bonchev–Trinajstić information content (AvgIpc) is 2.95. The minimum Gasteiger partial charge on any atom is -0.316 e. The highest BCUT2D eigenvalue weighted by Crippen LogP contribution is 2.22. The van der Waals surface area contributed by atoms with Crippen molar-refractivity contribution in [3.63, 3.8) is 0 Å². The molecule has 170 valence electrons. The van der Waals surface area contributed by atoms with Gasteiger partial charge in [-0.3, -0.25) is 4.79 Å². The molecule has 3 aromatic rings. The summed E-state index contributed by atoms with van der Waals surface area (Å²) < 4.78 is 30.7. The van der Waals surface area contributed by atoms with E-state index in [1.807, 2.05) is 6.92 Å². The summed E-state index contributed by atoms with van der Waals surface area (Å²) in [6.45, 7) is 6.04. The Labute approximate surface area is 193 Å². The Kier molecular flexibility index (Phi) is 6.93. The Morgan fingerprint density at radius 3 is 2.38 bits per heavy atom. The lowest BCUT2D eigenvalue weighted by molar-refractivity contribution is 0.0997. The molecule has 6 nitrogen and oxygen atoms in total. The number of hydrogen-bond donors (Lipinski definition) is 0. The lowest BCUT2D eigenvalue weighted by atomic mass is 10.2. The highest BCUT2D eigenvalue weighted by molar-refractivity contribution is 7.89. The number of nitrogens with zero attached hydrogens (tertiary/aromatic N) is 3. The SMILES string of the molecule is CCCn1c(=NC(=O)c2ccc(S(=O)(=O)N3CCCCCC3)cc2)sc2cc(C)ccc21. The standard InChI is InChI=1S/C24H29N3O3S2/c1-3-14-27-21-13-8-18(2)17-22(21)31-24(27)25-23(28)19-9-11-20(12-10-19)32(29,30)26-15-6-4-5-7-16-26/h8-13,17H,3-7,14-16H2,1-2H3. The molecular weight excluding hydrogens is 442 g/mol. The Bertz CT molecular complexity index is 1280. The first-order valence-corrected chi connectivity index (χ1v) is 13.4. The van der Waals surface area contributed by atoms with Crippen molar-refractivity contribution in [3.05, 3.63) is 58.4 Å². The maximum Gasteiger partial charge on any atom is 0.279 e. The van der Waals surface area contributed by atoms with Crippen LogP contribution in [0.5, 0.6) is 0 Å². The van der Waals surface area contributed by atoms with Gasteiger partial charge in [-0.25, -0.2) is 8.42 Å². The lowest BCUT2D eigenvalue weighted by Crippen LogP contribution is -2.31. The van der Waals surface area contributed by atoms with Crippen molar-refractivity contribution in [2.24, 2.45) is 4.99 Å². The molecule has 1 saturated heterocycles. The van der Waals surface area contributed by atoms with Crippen LogP contribution in [0, 0.1) is 6.92 Å². The zero-order chi connectivity index (χ0) is 22.7. The Morgan fingerprint density at radius 2 is 1.72 bits per heavy atom. The van der Waals surface area contributed by atoms with Gasteiger partial charge in [-0.05, 0) is 68.1 Å². The molecular formula is C24H29N3O3S2. The fourth-order valence-electron chi connectivity index (χ4n) is 4.06. The first kappa shape index (κ1) is 22.9. The summed E-state index contributed by atoms with van der Waals surface area (Å²) in [5, 5.41) is 0. The van der Waals surface area contributed by atoms with E-state index in [-0.39, 0.29) is 10.8 Å². The first-order valence-electron chi connectivity index (χ1n) is 11.2. The molecule has 1 aliphatic rings. The van der Waals surface area contributed by atoms with E-state index in [1.54, 1.807) is 16.4 Å². The van der Waals surface area contributed by atoms with Crippen LogP contribution in [-0.4, -0.2) is 36.3 Å². The number of amides is 1. The summed E-state index contributed by atoms with van der Waals surface area (Å²) >= 11 is 1.50. The van der Waals surface area contributed by atoms with Gasteiger partial charge >= 0.3 is 0 Å². The van der Waals surface area contributed by atoms with Gasteiger partial charge in [0, 0.05) is 25.2 Å². The third-order valence-corrected chi connectivity index (χ3v) is 8.74. The van der Waals surface area contributed by atoms with Gasteiger partial charge in [0.1, 0.15) is 0 Å². The van der Waals surface area contributed by atoms with E-state index < -0.39 is 10.0 Å². The van der Waals surface area contributed by atoms with E-state index in [0.29, 0.717) is 23.5 Å². The Hall–Kier alpha value is -2.29. The second-order valence-corrected chi connectivity index (χ2v) is 11.2. The second-order valence-electron chi connectivity index (χ2n) is 8.27. The predicted molar refractivity (Wildman–Crippen MR) is 128 cm³/mol. The van der Waals surface area contributed by atoms with Crippen LogP contribution in [0.15, 0.2) is 52.4 Å². The number of hydrogen-bond acceptors (Lipinski definition) is 4. The molecule has 32 heavy (non-hydrogen) atoms. The molecule has 4 rings (SSSR count). The van der Waals surface area contributed by atoms with Crippen LogP contribution >= 0.6 is 11.3 Å². The molecule has 2 aromatic carbocycles. The molecule has 0 spiro atoms. The van der Waals surface area contributed by atoms with Gasteiger partial charge in [-0.15, -0.1) is 0 Å². The van der Waals surface area contributed by atoms with E-state index >= 15 is 0 Å². The second kappa shape index (κ2) is 9.68. The summed E-state index contributed by atoms with van der Waals surface area (Å²) in [5.41, 5.74) is 2.63. The minimum atomic E-state index is -3.53. The molecule has 0 saturated carbocycles. The molecule has 0 atom stereocenters. The van der Waals surface area contributed by atoms with E-state index in [1.165, 1.54) is 29.0 Å².